The molecule has 0 radical (unpaired) electrons. The first-order valence-electron chi connectivity index (χ1n) is 8.67. The first-order valence-corrected chi connectivity index (χ1v) is 11.1. The number of nitrogens with zero attached hydrogens (tertiary/aromatic N) is 3. The smallest absolute Gasteiger partial charge is 0.339 e. The molecule has 0 unspecified atom stereocenters. The normalized spacial score (nSPS) is 16.0. The molecular weight excluding hydrogens is 427 g/mol. The van der Waals surface area contributed by atoms with E-state index in [2.05, 4.69) is 4.98 Å². The molecule has 1 fully saturated rings. The van der Waals surface area contributed by atoms with Crippen molar-refractivity contribution < 1.29 is 26.4 Å². The standard InChI is InChI=1S/C18H18F3N3O3S2/c19-18(20,21)14-6-7-16(22-12-14)28-13-17(25)23-8-10-24(11-9-23)29(26,27)15-4-2-1-3-5-15/h1-7,12H,8-11,13H2. The molecule has 6 nitrogen and oxygen atoms in total. The third-order valence-corrected chi connectivity index (χ3v) is 7.22. The van der Waals surface area contributed by atoms with Gasteiger partial charge >= 0.3 is 6.18 Å². The van der Waals surface area contributed by atoms with Crippen LogP contribution in [0, 0.1) is 0 Å². The van der Waals surface area contributed by atoms with E-state index < -0.39 is 21.8 Å². The molecule has 1 aromatic heterocycles. The summed E-state index contributed by atoms with van der Waals surface area (Å²) in [6.07, 6.45) is -3.72. The zero-order chi connectivity index (χ0) is 21.1. The molecule has 2 aromatic rings. The molecule has 0 aliphatic carbocycles. The van der Waals surface area contributed by atoms with Crippen molar-refractivity contribution in [2.75, 3.05) is 31.9 Å². The molecule has 1 aliphatic heterocycles. The molecule has 0 atom stereocenters. The number of pyridine rings is 1. The van der Waals surface area contributed by atoms with Crippen LogP contribution in [0.1, 0.15) is 5.56 Å². The number of rotatable bonds is 5. The second kappa shape index (κ2) is 8.72. The monoisotopic (exact) mass is 445 g/mol. The third kappa shape index (κ3) is 5.28. The van der Waals surface area contributed by atoms with Crippen molar-refractivity contribution in [2.45, 2.75) is 16.1 Å². The van der Waals surface area contributed by atoms with Gasteiger partial charge in [0.25, 0.3) is 0 Å². The molecule has 11 heteroatoms. The summed E-state index contributed by atoms with van der Waals surface area (Å²) >= 11 is 1.04. The van der Waals surface area contributed by atoms with E-state index in [1.165, 1.54) is 22.5 Å². The van der Waals surface area contributed by atoms with Gasteiger partial charge in [0.1, 0.15) is 0 Å². The molecular formula is C18H18F3N3O3S2. The van der Waals surface area contributed by atoms with Crippen molar-refractivity contribution in [3.8, 4) is 0 Å². The van der Waals surface area contributed by atoms with E-state index in [0.29, 0.717) is 5.03 Å². The molecule has 1 aromatic carbocycles. The van der Waals surface area contributed by atoms with E-state index >= 15 is 0 Å². The average molecular weight is 445 g/mol. The first kappa shape index (κ1) is 21.6. The lowest BCUT2D eigenvalue weighted by atomic mass is 10.3. The Morgan fingerprint density at radius 2 is 1.69 bits per heavy atom. The SMILES string of the molecule is O=C(CSc1ccc(C(F)(F)F)cn1)N1CCN(S(=O)(=O)c2ccccc2)CC1. The number of halogens is 3. The number of piperazine rings is 1. The summed E-state index contributed by atoms with van der Waals surface area (Å²) in [6, 6.07) is 10.2. The van der Waals surface area contributed by atoms with Crippen LogP contribution in [-0.2, 0) is 21.0 Å². The minimum atomic E-state index is -4.45. The summed E-state index contributed by atoms with van der Waals surface area (Å²) in [6.45, 7) is 0.885. The second-order valence-corrected chi connectivity index (χ2v) is 9.20. The number of thioether (sulfide) groups is 1. The van der Waals surface area contributed by atoms with Crippen LogP contribution in [-0.4, -0.2) is 60.4 Å². The van der Waals surface area contributed by atoms with Gasteiger partial charge in [-0.05, 0) is 24.3 Å². The summed E-state index contributed by atoms with van der Waals surface area (Å²) in [4.78, 5) is 17.8. The fourth-order valence-electron chi connectivity index (χ4n) is 2.78. The van der Waals surface area contributed by atoms with Crippen LogP contribution in [0.5, 0.6) is 0 Å². The van der Waals surface area contributed by atoms with Gasteiger partial charge in [-0.2, -0.15) is 17.5 Å². The van der Waals surface area contributed by atoms with E-state index in [-0.39, 0.29) is 42.7 Å². The predicted molar refractivity (Wildman–Crippen MR) is 102 cm³/mol. The number of amides is 1. The van der Waals surface area contributed by atoms with Gasteiger partial charge in [-0.3, -0.25) is 4.79 Å². The van der Waals surface area contributed by atoms with E-state index in [1.807, 2.05) is 0 Å². The average Bonchev–Trinajstić information content (AvgIpc) is 2.72. The summed E-state index contributed by atoms with van der Waals surface area (Å²) in [7, 11) is -3.59. The largest absolute Gasteiger partial charge is 0.417 e. The minimum Gasteiger partial charge on any atom is -0.339 e. The Morgan fingerprint density at radius 1 is 1.03 bits per heavy atom. The van der Waals surface area contributed by atoms with Gasteiger partial charge in [-0.15, -0.1) is 0 Å². The highest BCUT2D eigenvalue weighted by Gasteiger charge is 2.31. The number of alkyl halides is 3. The fraction of sp³-hybridized carbons (Fsp3) is 0.333. The van der Waals surface area contributed by atoms with E-state index in [1.54, 1.807) is 23.1 Å². The number of benzene rings is 1. The summed E-state index contributed by atoms with van der Waals surface area (Å²) in [5.41, 5.74) is -0.844. The second-order valence-electron chi connectivity index (χ2n) is 6.27. The van der Waals surface area contributed by atoms with Crippen molar-refractivity contribution >= 4 is 27.7 Å². The number of carbonyl (C=O) groups excluding carboxylic acids is 1. The molecule has 1 aliphatic rings. The Morgan fingerprint density at radius 3 is 2.24 bits per heavy atom. The number of hydrogen-bond donors (Lipinski definition) is 0. The first-order chi connectivity index (χ1) is 13.7. The lowest BCUT2D eigenvalue weighted by Crippen LogP contribution is -2.50. The Hall–Kier alpha value is -2.11. The Balaban J connectivity index is 1.51. The Labute approximate surface area is 170 Å². The molecule has 1 saturated heterocycles. The molecule has 0 N–H and O–H groups in total. The van der Waals surface area contributed by atoms with Crippen LogP contribution in [0.4, 0.5) is 13.2 Å². The summed E-state index contributed by atoms with van der Waals surface area (Å²) in [5.74, 6) is -0.197. The Kier molecular flexibility index (Phi) is 6.49. The summed E-state index contributed by atoms with van der Waals surface area (Å²) in [5, 5.41) is 0.316. The van der Waals surface area contributed by atoms with Crippen molar-refractivity contribution in [2.24, 2.45) is 0 Å². The molecule has 3 rings (SSSR count). The minimum absolute atomic E-state index is 0.0177. The molecule has 0 saturated carbocycles. The molecule has 0 bridgehead atoms. The zero-order valence-electron chi connectivity index (χ0n) is 15.2. The summed E-state index contributed by atoms with van der Waals surface area (Å²) < 4.78 is 64.2. The van der Waals surface area contributed by atoms with Crippen LogP contribution in [0.3, 0.4) is 0 Å². The molecule has 1 amide bonds. The topological polar surface area (TPSA) is 70.6 Å². The van der Waals surface area contributed by atoms with Crippen molar-refractivity contribution in [1.82, 2.24) is 14.2 Å². The van der Waals surface area contributed by atoms with Crippen LogP contribution < -0.4 is 0 Å². The van der Waals surface area contributed by atoms with Crippen LogP contribution in [0.25, 0.3) is 0 Å². The molecule has 156 valence electrons. The van der Waals surface area contributed by atoms with E-state index in [4.69, 9.17) is 0 Å². The maximum absolute atomic E-state index is 12.6. The van der Waals surface area contributed by atoms with Crippen LogP contribution in [0.2, 0.25) is 0 Å². The predicted octanol–water partition coefficient (Wildman–Crippen LogP) is 2.73. The van der Waals surface area contributed by atoms with E-state index in [9.17, 15) is 26.4 Å². The van der Waals surface area contributed by atoms with Crippen LogP contribution >= 0.6 is 11.8 Å². The maximum Gasteiger partial charge on any atom is 0.417 e. The maximum atomic E-state index is 12.6. The van der Waals surface area contributed by atoms with Gasteiger partial charge in [-0.1, -0.05) is 30.0 Å². The van der Waals surface area contributed by atoms with Crippen LogP contribution in [0.15, 0.2) is 58.6 Å². The molecule has 29 heavy (non-hydrogen) atoms. The number of hydrogen-bond acceptors (Lipinski definition) is 5. The van der Waals surface area contributed by atoms with Gasteiger partial charge < -0.3 is 4.90 Å². The highest BCUT2D eigenvalue weighted by molar-refractivity contribution is 7.99. The fourth-order valence-corrected chi connectivity index (χ4v) is 4.97. The lowest BCUT2D eigenvalue weighted by Gasteiger charge is -2.34. The van der Waals surface area contributed by atoms with Crippen molar-refractivity contribution in [3.05, 3.63) is 54.2 Å². The quantitative estimate of drug-likeness (QED) is 0.662. The van der Waals surface area contributed by atoms with Gasteiger partial charge in [0.2, 0.25) is 15.9 Å². The Bertz CT molecular complexity index is 944. The van der Waals surface area contributed by atoms with Crippen molar-refractivity contribution in [1.29, 1.82) is 0 Å². The zero-order valence-corrected chi connectivity index (χ0v) is 16.8. The number of aromatic nitrogens is 1. The van der Waals surface area contributed by atoms with Gasteiger partial charge in [0.15, 0.2) is 0 Å². The highest BCUT2D eigenvalue weighted by Crippen LogP contribution is 2.29. The van der Waals surface area contributed by atoms with Crippen molar-refractivity contribution in [3.63, 3.8) is 0 Å². The number of sulfonamides is 1. The number of carbonyl (C=O) groups is 1. The molecule has 0 spiro atoms. The van der Waals surface area contributed by atoms with Gasteiger partial charge in [0.05, 0.1) is 21.2 Å². The third-order valence-electron chi connectivity index (χ3n) is 4.38. The highest BCUT2D eigenvalue weighted by atomic mass is 32.2. The lowest BCUT2D eigenvalue weighted by molar-refractivity contribution is -0.138. The van der Waals surface area contributed by atoms with Gasteiger partial charge in [0, 0.05) is 32.4 Å². The molecule has 2 heterocycles. The van der Waals surface area contributed by atoms with Gasteiger partial charge in [-0.25, -0.2) is 13.4 Å². The van der Waals surface area contributed by atoms with E-state index in [0.717, 1.165) is 24.0 Å².